The van der Waals surface area contributed by atoms with E-state index in [1.165, 1.54) is 6.42 Å². The fourth-order valence-electron chi connectivity index (χ4n) is 5.02. The predicted octanol–water partition coefficient (Wildman–Crippen LogP) is 3.30. The first kappa shape index (κ1) is 21.9. The summed E-state index contributed by atoms with van der Waals surface area (Å²) in [4.78, 5) is 24.9. The summed E-state index contributed by atoms with van der Waals surface area (Å²) in [5.41, 5.74) is 0.315. The Bertz CT molecular complexity index is 836. The molecule has 4 atom stereocenters. The monoisotopic (exact) mass is 424 g/mol. The van der Waals surface area contributed by atoms with E-state index in [1.54, 1.807) is 0 Å². The van der Waals surface area contributed by atoms with E-state index in [1.807, 2.05) is 20.8 Å². The van der Waals surface area contributed by atoms with Crippen molar-refractivity contribution in [3.63, 3.8) is 0 Å². The Kier molecular flexibility index (Phi) is 6.18. The predicted molar refractivity (Wildman–Crippen MR) is 115 cm³/mol. The van der Waals surface area contributed by atoms with E-state index in [-0.39, 0.29) is 35.4 Å². The molecule has 3 fully saturated rings. The summed E-state index contributed by atoms with van der Waals surface area (Å²) in [7, 11) is 0. The van der Waals surface area contributed by atoms with Gasteiger partial charge in [-0.3, -0.25) is 9.59 Å². The molecule has 3 aliphatic rings. The number of halogens is 1. The Morgan fingerprint density at radius 2 is 2.07 bits per heavy atom. The highest BCUT2D eigenvalue weighted by atomic mass is 35.5. The zero-order valence-electron chi connectivity index (χ0n) is 18.2. The zero-order valence-corrected chi connectivity index (χ0v) is 19.0. The van der Waals surface area contributed by atoms with Crippen LogP contribution in [0.2, 0.25) is 5.02 Å². The zero-order chi connectivity index (χ0) is 21.5. The summed E-state index contributed by atoms with van der Waals surface area (Å²) in [5, 5.41) is 10.5. The van der Waals surface area contributed by atoms with Gasteiger partial charge in [-0.2, -0.15) is 0 Å². The molecule has 0 aliphatic heterocycles. The molecule has 1 amide bonds. The molecule has 29 heavy (non-hydrogen) atoms. The number of carbonyl (C=O) groups is 1. The third-order valence-corrected chi connectivity index (χ3v) is 7.13. The molecule has 0 aromatic carbocycles. The maximum Gasteiger partial charge on any atom is 0.288 e. The first-order chi connectivity index (χ1) is 13.6. The largest absolute Gasteiger partial charge is 0.475 e. The number of fused-ring (bicyclic) bond motifs is 2. The fraction of sp³-hybridized carbons (Fsp3) is 0.762. The molecule has 4 rings (SSSR count). The Hall–Kier alpha value is -1.76. The van der Waals surface area contributed by atoms with Gasteiger partial charge < -0.3 is 15.4 Å². The van der Waals surface area contributed by atoms with E-state index in [4.69, 9.17) is 16.3 Å². The summed E-state index contributed by atoms with van der Waals surface area (Å²) < 4.78 is 6.75. The van der Waals surface area contributed by atoms with Crippen LogP contribution in [0.25, 0.3) is 0 Å². The summed E-state index contributed by atoms with van der Waals surface area (Å²) >= 11 is 6.45. The van der Waals surface area contributed by atoms with Gasteiger partial charge in [-0.25, -0.2) is 4.68 Å². The van der Waals surface area contributed by atoms with Gasteiger partial charge in [0.2, 0.25) is 5.91 Å². The van der Waals surface area contributed by atoms with E-state index in [9.17, 15) is 9.59 Å². The Labute approximate surface area is 177 Å². The van der Waals surface area contributed by atoms with Crippen LogP contribution in [-0.4, -0.2) is 34.4 Å². The first-order valence-corrected chi connectivity index (χ1v) is 10.9. The number of amides is 1. The summed E-state index contributed by atoms with van der Waals surface area (Å²) in [5.74, 6) is 1.75. The molecule has 0 spiro atoms. The molecule has 2 N–H and O–H groups in total. The quantitative estimate of drug-likeness (QED) is 0.701. The van der Waals surface area contributed by atoms with Gasteiger partial charge in [-0.05, 0) is 56.8 Å². The van der Waals surface area contributed by atoms with Crippen molar-refractivity contribution in [1.82, 2.24) is 15.1 Å². The average molecular weight is 425 g/mol. The van der Waals surface area contributed by atoms with Crippen LogP contribution in [0.1, 0.15) is 54.4 Å². The summed E-state index contributed by atoms with van der Waals surface area (Å²) in [6.07, 6.45) is 2.30. The number of ether oxygens (including phenoxy) is 1. The maximum absolute atomic E-state index is 12.8. The van der Waals surface area contributed by atoms with Crippen LogP contribution in [0.3, 0.4) is 0 Å². The normalized spacial score (nSPS) is 27.3. The van der Waals surface area contributed by atoms with Gasteiger partial charge in [0.25, 0.3) is 11.4 Å². The minimum atomic E-state index is -0.495. The molecule has 3 saturated carbocycles. The van der Waals surface area contributed by atoms with Crippen LogP contribution >= 0.6 is 11.6 Å². The minimum Gasteiger partial charge on any atom is -0.475 e. The van der Waals surface area contributed by atoms with Gasteiger partial charge in [-0.15, -0.1) is 5.10 Å². The molecule has 2 bridgehead atoms. The smallest absolute Gasteiger partial charge is 0.288 e. The lowest BCUT2D eigenvalue weighted by Crippen LogP contribution is -2.58. The maximum atomic E-state index is 12.8. The molecule has 162 valence electrons. The molecule has 0 saturated heterocycles. The van der Waals surface area contributed by atoms with Gasteiger partial charge >= 0.3 is 0 Å². The fourth-order valence-corrected chi connectivity index (χ4v) is 5.25. The van der Waals surface area contributed by atoms with Crippen molar-refractivity contribution in [3.8, 4) is 5.88 Å². The molecule has 8 heteroatoms. The van der Waals surface area contributed by atoms with Gasteiger partial charge in [0.1, 0.15) is 17.3 Å². The average Bonchev–Trinajstić information content (AvgIpc) is 2.62. The van der Waals surface area contributed by atoms with Crippen LogP contribution < -0.4 is 20.9 Å². The lowest BCUT2D eigenvalue weighted by Gasteiger charge is -2.62. The van der Waals surface area contributed by atoms with Gasteiger partial charge in [0, 0.05) is 12.1 Å². The van der Waals surface area contributed by atoms with E-state index in [0.29, 0.717) is 35.5 Å². The summed E-state index contributed by atoms with van der Waals surface area (Å²) in [6, 6.07) is 0.189. The molecule has 3 aliphatic carbocycles. The van der Waals surface area contributed by atoms with Crippen LogP contribution in [0.5, 0.6) is 5.88 Å². The number of hydrogen-bond donors (Lipinski definition) is 2. The molecular formula is C21H33ClN4O3. The van der Waals surface area contributed by atoms with Crippen molar-refractivity contribution >= 4 is 23.2 Å². The Morgan fingerprint density at radius 3 is 2.62 bits per heavy atom. The topological polar surface area (TPSA) is 85.2 Å². The number of hydrogen-bond acceptors (Lipinski definition) is 5. The lowest BCUT2D eigenvalue weighted by atomic mass is 9.45. The van der Waals surface area contributed by atoms with Gasteiger partial charge in [-0.1, -0.05) is 32.4 Å². The second kappa shape index (κ2) is 8.17. The Morgan fingerprint density at radius 1 is 1.38 bits per heavy atom. The van der Waals surface area contributed by atoms with Crippen LogP contribution in [0.15, 0.2) is 4.79 Å². The van der Waals surface area contributed by atoms with E-state index < -0.39 is 5.56 Å². The molecule has 7 nitrogen and oxygen atoms in total. The third-order valence-electron chi connectivity index (χ3n) is 6.78. The van der Waals surface area contributed by atoms with Crippen molar-refractivity contribution in [2.45, 2.75) is 73.0 Å². The molecule has 1 aromatic rings. The van der Waals surface area contributed by atoms with Crippen molar-refractivity contribution in [2.75, 3.05) is 11.9 Å². The second-order valence-electron chi connectivity index (χ2n) is 9.32. The highest BCUT2D eigenvalue weighted by molar-refractivity contribution is 6.33. The molecule has 1 aromatic heterocycles. The lowest BCUT2D eigenvalue weighted by molar-refractivity contribution is -0.122. The standard InChI is InChI=1S/C21H33ClN4O3/c1-7-29-19-18(24-15-9-13-8-14(12(15)4)21(13,5)6)17(22)20(28)26(25-19)10-16(27)23-11(2)3/h11-15,24H,7-10H2,1-6H3,(H,23,27)/t12-,13+,14-,15-/m1/s1. The van der Waals surface area contributed by atoms with Crippen LogP contribution in [0, 0.1) is 23.2 Å². The van der Waals surface area contributed by atoms with Crippen LogP contribution in [-0.2, 0) is 11.3 Å². The number of nitrogens with zero attached hydrogens (tertiary/aromatic N) is 2. The van der Waals surface area contributed by atoms with Gasteiger partial charge in [0.05, 0.1) is 6.61 Å². The van der Waals surface area contributed by atoms with E-state index in [2.05, 4.69) is 36.5 Å². The molecule has 0 radical (unpaired) electrons. The number of carbonyl (C=O) groups excluding carboxylic acids is 1. The van der Waals surface area contributed by atoms with Crippen molar-refractivity contribution in [2.24, 2.45) is 23.2 Å². The first-order valence-electron chi connectivity index (χ1n) is 10.6. The highest BCUT2D eigenvalue weighted by Gasteiger charge is 2.56. The highest BCUT2D eigenvalue weighted by Crippen LogP contribution is 2.61. The Balaban J connectivity index is 1.86. The SMILES string of the molecule is CCOc1nn(CC(=O)NC(C)C)c(=O)c(Cl)c1N[C@@H]1C[C@@H]2C[C@H]([C@H]1C)C2(C)C. The second-order valence-corrected chi connectivity index (χ2v) is 9.70. The third kappa shape index (κ3) is 4.11. The van der Waals surface area contributed by atoms with Crippen molar-refractivity contribution in [1.29, 1.82) is 0 Å². The number of aromatic nitrogens is 2. The number of anilines is 1. The van der Waals surface area contributed by atoms with Crippen molar-refractivity contribution < 1.29 is 9.53 Å². The number of nitrogens with one attached hydrogen (secondary N) is 2. The van der Waals surface area contributed by atoms with E-state index >= 15 is 0 Å². The van der Waals surface area contributed by atoms with Crippen LogP contribution in [0.4, 0.5) is 5.69 Å². The molecule has 0 unspecified atom stereocenters. The number of rotatable bonds is 7. The van der Waals surface area contributed by atoms with Crippen molar-refractivity contribution in [3.05, 3.63) is 15.4 Å². The molecular weight excluding hydrogens is 392 g/mol. The molecule has 1 heterocycles. The minimum absolute atomic E-state index is 0.0199. The summed E-state index contributed by atoms with van der Waals surface area (Å²) in [6.45, 7) is 12.7. The van der Waals surface area contributed by atoms with E-state index in [0.717, 1.165) is 11.1 Å². The van der Waals surface area contributed by atoms with Gasteiger partial charge in [0.15, 0.2) is 0 Å².